The summed E-state index contributed by atoms with van der Waals surface area (Å²) in [6.07, 6.45) is 0.825. The molecule has 0 radical (unpaired) electrons. The molecule has 3 rings (SSSR count). The lowest BCUT2D eigenvalue weighted by atomic mass is 10.1. The number of nitrogens with two attached hydrogens (primary N) is 1. The Bertz CT molecular complexity index is 1130. The number of nitrogens with zero attached hydrogens (tertiary/aromatic N) is 2. The Hall–Kier alpha value is -4.04. The van der Waals surface area contributed by atoms with Crippen LogP contribution in [-0.2, 0) is 6.54 Å². The van der Waals surface area contributed by atoms with Crippen molar-refractivity contribution in [2.24, 2.45) is 0 Å². The topological polar surface area (TPSA) is 99.9 Å². The van der Waals surface area contributed by atoms with Gasteiger partial charge in [0, 0.05) is 18.7 Å². The molecule has 0 unspecified atom stereocenters. The van der Waals surface area contributed by atoms with Gasteiger partial charge in [-0.15, -0.1) is 0 Å². The van der Waals surface area contributed by atoms with E-state index >= 15 is 0 Å². The Morgan fingerprint density at radius 2 is 1.51 bits per heavy atom. The molecule has 0 aliphatic rings. The van der Waals surface area contributed by atoms with Crippen LogP contribution in [0.1, 0.15) is 22.3 Å². The second kappa shape index (κ2) is 12.4. The van der Waals surface area contributed by atoms with Crippen LogP contribution in [0.15, 0.2) is 72.8 Å². The van der Waals surface area contributed by atoms with Crippen molar-refractivity contribution >= 4 is 29.0 Å². The molecule has 0 aliphatic carbocycles. The monoisotopic (exact) mass is 475 g/mol. The molecule has 0 heterocycles. The van der Waals surface area contributed by atoms with Crippen molar-refractivity contribution < 1.29 is 14.3 Å². The molecule has 0 aromatic heterocycles. The molecule has 8 nitrogen and oxygen atoms in total. The number of nitrogens with one attached hydrogen (secondary N) is 2. The van der Waals surface area contributed by atoms with E-state index in [1.807, 2.05) is 56.6 Å². The molecule has 35 heavy (non-hydrogen) atoms. The zero-order valence-corrected chi connectivity index (χ0v) is 20.5. The van der Waals surface area contributed by atoms with Crippen molar-refractivity contribution in [3.63, 3.8) is 0 Å². The minimum absolute atomic E-state index is 0.213. The number of nitrogen functional groups attached to an aromatic ring is 1. The SMILES string of the molecule is COc1ccccc1NC(=O)N(CCCN(C)C)Cc1ccc(C(=O)Nc2ccccc2N)cc1. The maximum atomic E-state index is 13.1. The molecule has 3 aromatic rings. The molecule has 0 atom stereocenters. The Balaban J connectivity index is 1.69. The number of amides is 3. The van der Waals surface area contributed by atoms with Crippen LogP contribution in [0.4, 0.5) is 21.9 Å². The molecule has 3 amide bonds. The number of carbonyl (C=O) groups excluding carboxylic acids is 2. The first-order valence-electron chi connectivity index (χ1n) is 11.5. The highest BCUT2D eigenvalue weighted by atomic mass is 16.5. The molecule has 4 N–H and O–H groups in total. The second-order valence-corrected chi connectivity index (χ2v) is 8.45. The fraction of sp³-hybridized carbons (Fsp3) is 0.259. The Labute approximate surface area is 206 Å². The summed E-state index contributed by atoms with van der Waals surface area (Å²) >= 11 is 0. The van der Waals surface area contributed by atoms with Crippen LogP contribution < -0.4 is 21.1 Å². The summed E-state index contributed by atoms with van der Waals surface area (Å²) in [6.45, 7) is 1.84. The van der Waals surface area contributed by atoms with E-state index in [9.17, 15) is 9.59 Å². The zero-order valence-electron chi connectivity index (χ0n) is 20.5. The van der Waals surface area contributed by atoms with Crippen LogP contribution in [0, 0.1) is 0 Å². The summed E-state index contributed by atoms with van der Waals surface area (Å²) in [5, 5.41) is 5.78. The molecule has 184 valence electrons. The third-order valence-electron chi connectivity index (χ3n) is 5.47. The lowest BCUT2D eigenvalue weighted by Gasteiger charge is -2.24. The van der Waals surface area contributed by atoms with Crippen molar-refractivity contribution in [1.29, 1.82) is 0 Å². The van der Waals surface area contributed by atoms with Gasteiger partial charge in [-0.05, 0) is 69.0 Å². The third-order valence-corrected chi connectivity index (χ3v) is 5.47. The Kier molecular flexibility index (Phi) is 9.09. The van der Waals surface area contributed by atoms with E-state index in [4.69, 9.17) is 10.5 Å². The predicted molar refractivity (Wildman–Crippen MR) is 141 cm³/mol. The van der Waals surface area contributed by atoms with Gasteiger partial charge < -0.3 is 30.9 Å². The van der Waals surface area contributed by atoms with Crippen LogP contribution in [0.3, 0.4) is 0 Å². The van der Waals surface area contributed by atoms with Gasteiger partial charge in [0.1, 0.15) is 5.75 Å². The minimum atomic E-state index is -0.244. The standard InChI is InChI=1S/C27H33N5O3/c1-31(2)17-8-18-32(27(34)30-24-11-6-7-12-25(24)35-3)19-20-13-15-21(16-14-20)26(33)29-23-10-5-4-9-22(23)28/h4-7,9-16H,8,17-19,28H2,1-3H3,(H,29,33)(H,30,34). The molecular formula is C27H33N5O3. The van der Waals surface area contributed by atoms with Gasteiger partial charge in [-0.1, -0.05) is 36.4 Å². The highest BCUT2D eigenvalue weighted by Gasteiger charge is 2.16. The number of benzene rings is 3. The van der Waals surface area contributed by atoms with Crippen LogP contribution in [-0.4, -0.2) is 56.0 Å². The van der Waals surface area contributed by atoms with Gasteiger partial charge >= 0.3 is 6.03 Å². The predicted octanol–water partition coefficient (Wildman–Crippen LogP) is 4.52. The van der Waals surface area contributed by atoms with Crippen molar-refractivity contribution in [1.82, 2.24) is 9.80 Å². The first kappa shape index (κ1) is 25.6. The zero-order chi connectivity index (χ0) is 25.2. The third kappa shape index (κ3) is 7.48. The Morgan fingerprint density at radius 1 is 0.857 bits per heavy atom. The highest BCUT2D eigenvalue weighted by Crippen LogP contribution is 2.24. The number of urea groups is 1. The summed E-state index contributed by atoms with van der Waals surface area (Å²) in [5.41, 5.74) is 9.04. The Morgan fingerprint density at radius 3 is 2.17 bits per heavy atom. The summed E-state index contributed by atoms with van der Waals surface area (Å²) in [6, 6.07) is 21.4. The quantitative estimate of drug-likeness (QED) is 0.375. The molecule has 0 saturated heterocycles. The summed E-state index contributed by atoms with van der Waals surface area (Å²) in [5.74, 6) is 0.356. The van der Waals surface area contributed by atoms with E-state index in [1.54, 1.807) is 42.3 Å². The van der Waals surface area contributed by atoms with E-state index < -0.39 is 0 Å². The lowest BCUT2D eigenvalue weighted by Crippen LogP contribution is -2.36. The second-order valence-electron chi connectivity index (χ2n) is 8.45. The summed E-state index contributed by atoms with van der Waals surface area (Å²) < 4.78 is 5.36. The largest absolute Gasteiger partial charge is 0.495 e. The van der Waals surface area contributed by atoms with Gasteiger partial charge in [-0.3, -0.25) is 4.79 Å². The van der Waals surface area contributed by atoms with Crippen molar-refractivity contribution in [3.8, 4) is 5.75 Å². The van der Waals surface area contributed by atoms with Crippen LogP contribution >= 0.6 is 0 Å². The number of rotatable bonds is 10. The summed E-state index contributed by atoms with van der Waals surface area (Å²) in [7, 11) is 5.59. The fourth-order valence-electron chi connectivity index (χ4n) is 3.56. The van der Waals surface area contributed by atoms with E-state index in [1.165, 1.54) is 0 Å². The molecule has 0 aliphatic heterocycles. The first-order chi connectivity index (χ1) is 16.9. The average molecular weight is 476 g/mol. The van der Waals surface area contributed by atoms with Gasteiger partial charge in [-0.2, -0.15) is 0 Å². The molecular weight excluding hydrogens is 442 g/mol. The van der Waals surface area contributed by atoms with Crippen LogP contribution in [0.2, 0.25) is 0 Å². The molecule has 0 spiro atoms. The average Bonchev–Trinajstić information content (AvgIpc) is 2.85. The normalized spacial score (nSPS) is 10.6. The number of hydrogen-bond donors (Lipinski definition) is 3. The number of ether oxygens (including phenoxy) is 1. The van der Waals surface area contributed by atoms with Crippen molar-refractivity contribution in [3.05, 3.63) is 83.9 Å². The maximum absolute atomic E-state index is 13.1. The van der Waals surface area contributed by atoms with E-state index in [2.05, 4.69) is 15.5 Å². The van der Waals surface area contributed by atoms with Gasteiger partial charge in [0.15, 0.2) is 0 Å². The van der Waals surface area contributed by atoms with E-state index in [-0.39, 0.29) is 11.9 Å². The smallest absolute Gasteiger partial charge is 0.322 e. The number of hydrogen-bond acceptors (Lipinski definition) is 5. The van der Waals surface area contributed by atoms with Gasteiger partial charge in [0.05, 0.1) is 24.2 Å². The molecule has 0 bridgehead atoms. The molecule has 0 fully saturated rings. The van der Waals surface area contributed by atoms with Gasteiger partial charge in [0.2, 0.25) is 0 Å². The number of carbonyl (C=O) groups is 2. The maximum Gasteiger partial charge on any atom is 0.322 e. The van der Waals surface area contributed by atoms with Gasteiger partial charge in [0.25, 0.3) is 5.91 Å². The minimum Gasteiger partial charge on any atom is -0.495 e. The highest BCUT2D eigenvalue weighted by molar-refractivity contribution is 6.05. The first-order valence-corrected chi connectivity index (χ1v) is 11.5. The van der Waals surface area contributed by atoms with Gasteiger partial charge in [-0.25, -0.2) is 4.79 Å². The van der Waals surface area contributed by atoms with E-state index in [0.29, 0.717) is 41.5 Å². The molecule has 0 saturated carbocycles. The molecule has 3 aromatic carbocycles. The van der Waals surface area contributed by atoms with Crippen molar-refractivity contribution in [2.45, 2.75) is 13.0 Å². The number of para-hydroxylation sites is 4. The lowest BCUT2D eigenvalue weighted by molar-refractivity contribution is 0.102. The van der Waals surface area contributed by atoms with E-state index in [0.717, 1.165) is 18.5 Å². The fourth-order valence-corrected chi connectivity index (χ4v) is 3.56. The van der Waals surface area contributed by atoms with Crippen LogP contribution in [0.25, 0.3) is 0 Å². The van der Waals surface area contributed by atoms with Crippen molar-refractivity contribution in [2.75, 3.05) is 50.7 Å². The molecule has 8 heteroatoms. The number of anilines is 3. The summed E-state index contributed by atoms with van der Waals surface area (Å²) in [4.78, 5) is 29.6. The van der Waals surface area contributed by atoms with Crippen LogP contribution in [0.5, 0.6) is 5.75 Å². The number of methoxy groups -OCH3 is 1.